The molecule has 0 radical (unpaired) electrons. The van der Waals surface area contributed by atoms with Crippen molar-refractivity contribution < 1.29 is 9.59 Å². The van der Waals surface area contributed by atoms with E-state index < -0.39 is 0 Å². The average molecular weight is 372 g/mol. The summed E-state index contributed by atoms with van der Waals surface area (Å²) in [6.45, 7) is 4.81. The lowest BCUT2D eigenvalue weighted by Gasteiger charge is -2.08. The monoisotopic (exact) mass is 371 g/mol. The van der Waals surface area contributed by atoms with Crippen molar-refractivity contribution in [3.8, 4) is 0 Å². The molecule has 0 aliphatic carbocycles. The van der Waals surface area contributed by atoms with Crippen molar-refractivity contribution in [3.63, 3.8) is 0 Å². The Morgan fingerprint density at radius 2 is 1.42 bits per heavy atom. The summed E-state index contributed by atoms with van der Waals surface area (Å²) in [5.41, 5.74) is 1.57. The van der Waals surface area contributed by atoms with E-state index in [1.807, 2.05) is 48.5 Å². The molecule has 0 bridgehead atoms. The van der Waals surface area contributed by atoms with Crippen LogP contribution in [0.15, 0.2) is 58.3 Å². The standard InChI is InChI=1S/C20H25N3O2S/c1-3-4-13-21-14-20(25)23-17-7-11-19(12-8-17)26-18-9-5-16(6-10-18)22-15(2)24/h5-12,21H,3-4,13-14H2,1-2H3,(H,22,24)(H,23,25). The van der Waals surface area contributed by atoms with Gasteiger partial charge in [0.15, 0.2) is 0 Å². The summed E-state index contributed by atoms with van der Waals surface area (Å²) < 4.78 is 0. The van der Waals surface area contributed by atoms with Crippen LogP contribution in [0.25, 0.3) is 0 Å². The van der Waals surface area contributed by atoms with E-state index in [9.17, 15) is 9.59 Å². The first-order chi connectivity index (χ1) is 12.6. The molecule has 0 aliphatic rings. The van der Waals surface area contributed by atoms with E-state index in [1.165, 1.54) is 6.92 Å². The lowest BCUT2D eigenvalue weighted by molar-refractivity contribution is -0.115. The van der Waals surface area contributed by atoms with E-state index in [0.29, 0.717) is 6.54 Å². The largest absolute Gasteiger partial charge is 0.326 e. The first kappa shape index (κ1) is 20.0. The third-order valence-corrected chi connectivity index (χ3v) is 4.56. The molecule has 0 saturated heterocycles. The number of benzene rings is 2. The van der Waals surface area contributed by atoms with E-state index in [4.69, 9.17) is 0 Å². The normalized spacial score (nSPS) is 10.4. The Balaban J connectivity index is 1.83. The van der Waals surface area contributed by atoms with Crippen LogP contribution in [0.5, 0.6) is 0 Å². The van der Waals surface area contributed by atoms with Crippen LogP contribution < -0.4 is 16.0 Å². The number of hydrogen-bond donors (Lipinski definition) is 3. The van der Waals surface area contributed by atoms with E-state index >= 15 is 0 Å². The van der Waals surface area contributed by atoms with Crippen molar-refractivity contribution in [2.45, 2.75) is 36.5 Å². The molecule has 0 aliphatic heterocycles. The molecular formula is C20H25N3O2S. The third-order valence-electron chi connectivity index (χ3n) is 3.54. The van der Waals surface area contributed by atoms with Crippen molar-refractivity contribution >= 4 is 35.0 Å². The zero-order valence-corrected chi connectivity index (χ0v) is 16.0. The highest BCUT2D eigenvalue weighted by molar-refractivity contribution is 7.99. The number of amides is 2. The van der Waals surface area contributed by atoms with Gasteiger partial charge in [0.25, 0.3) is 0 Å². The Morgan fingerprint density at radius 1 is 0.885 bits per heavy atom. The molecule has 26 heavy (non-hydrogen) atoms. The van der Waals surface area contributed by atoms with Crippen LogP contribution in [0.2, 0.25) is 0 Å². The maximum Gasteiger partial charge on any atom is 0.238 e. The number of carbonyl (C=O) groups is 2. The SMILES string of the molecule is CCCCNCC(=O)Nc1ccc(Sc2ccc(NC(C)=O)cc2)cc1. The van der Waals surface area contributed by atoms with Crippen LogP contribution >= 0.6 is 11.8 Å². The van der Waals surface area contributed by atoms with Gasteiger partial charge < -0.3 is 16.0 Å². The molecule has 0 atom stereocenters. The van der Waals surface area contributed by atoms with Crippen LogP contribution in [-0.4, -0.2) is 24.9 Å². The van der Waals surface area contributed by atoms with Crippen molar-refractivity contribution in [3.05, 3.63) is 48.5 Å². The highest BCUT2D eigenvalue weighted by atomic mass is 32.2. The third kappa shape index (κ3) is 7.29. The molecular weight excluding hydrogens is 346 g/mol. The molecule has 5 nitrogen and oxygen atoms in total. The summed E-state index contributed by atoms with van der Waals surface area (Å²) in [6.07, 6.45) is 2.19. The Hall–Kier alpha value is -2.31. The minimum absolute atomic E-state index is 0.0323. The number of unbranched alkanes of at least 4 members (excludes halogenated alkanes) is 1. The zero-order valence-electron chi connectivity index (χ0n) is 15.2. The van der Waals surface area contributed by atoms with Gasteiger partial charge in [-0.25, -0.2) is 0 Å². The Kier molecular flexibility index (Phi) is 8.18. The van der Waals surface area contributed by atoms with Crippen molar-refractivity contribution in [1.29, 1.82) is 0 Å². The first-order valence-electron chi connectivity index (χ1n) is 8.73. The highest BCUT2D eigenvalue weighted by Crippen LogP contribution is 2.29. The van der Waals surface area contributed by atoms with E-state index in [0.717, 1.165) is 40.6 Å². The summed E-state index contributed by atoms with van der Waals surface area (Å²) in [5.74, 6) is -0.112. The van der Waals surface area contributed by atoms with Crippen LogP contribution in [-0.2, 0) is 9.59 Å². The predicted molar refractivity (Wildman–Crippen MR) is 108 cm³/mol. The smallest absolute Gasteiger partial charge is 0.238 e. The molecule has 2 aromatic carbocycles. The molecule has 6 heteroatoms. The van der Waals surface area contributed by atoms with Crippen molar-refractivity contribution in [2.24, 2.45) is 0 Å². The fourth-order valence-electron chi connectivity index (χ4n) is 2.26. The van der Waals surface area contributed by atoms with E-state index in [2.05, 4.69) is 22.9 Å². The van der Waals surface area contributed by atoms with Gasteiger partial charge in [0.05, 0.1) is 6.54 Å². The van der Waals surface area contributed by atoms with Crippen LogP contribution in [0.4, 0.5) is 11.4 Å². The fourth-order valence-corrected chi connectivity index (χ4v) is 3.08. The summed E-state index contributed by atoms with van der Waals surface area (Å²) in [7, 11) is 0. The molecule has 0 aromatic heterocycles. The number of anilines is 2. The molecule has 0 spiro atoms. The fraction of sp³-hybridized carbons (Fsp3) is 0.300. The molecule has 138 valence electrons. The van der Waals surface area contributed by atoms with Gasteiger partial charge >= 0.3 is 0 Å². The molecule has 0 unspecified atom stereocenters. The maximum atomic E-state index is 11.9. The van der Waals surface area contributed by atoms with Gasteiger partial charge in [-0.05, 0) is 61.5 Å². The minimum atomic E-state index is -0.0800. The molecule has 0 heterocycles. The van der Waals surface area contributed by atoms with Gasteiger partial charge in [0.1, 0.15) is 0 Å². The van der Waals surface area contributed by atoms with Crippen LogP contribution in [0.1, 0.15) is 26.7 Å². The average Bonchev–Trinajstić information content (AvgIpc) is 2.62. The number of nitrogens with one attached hydrogen (secondary N) is 3. The summed E-state index contributed by atoms with van der Waals surface area (Å²) in [4.78, 5) is 25.0. The summed E-state index contributed by atoms with van der Waals surface area (Å²) in [6, 6.07) is 15.4. The summed E-state index contributed by atoms with van der Waals surface area (Å²) >= 11 is 1.62. The molecule has 3 N–H and O–H groups in total. The minimum Gasteiger partial charge on any atom is -0.326 e. The van der Waals surface area contributed by atoms with E-state index in [1.54, 1.807) is 11.8 Å². The molecule has 2 rings (SSSR count). The van der Waals surface area contributed by atoms with Crippen molar-refractivity contribution in [1.82, 2.24) is 5.32 Å². The quantitative estimate of drug-likeness (QED) is 0.580. The van der Waals surface area contributed by atoms with Crippen LogP contribution in [0.3, 0.4) is 0 Å². The topological polar surface area (TPSA) is 70.2 Å². The van der Waals surface area contributed by atoms with E-state index in [-0.39, 0.29) is 11.8 Å². The van der Waals surface area contributed by atoms with Gasteiger partial charge in [-0.2, -0.15) is 0 Å². The Bertz CT molecular complexity index is 715. The number of hydrogen-bond acceptors (Lipinski definition) is 4. The van der Waals surface area contributed by atoms with Crippen molar-refractivity contribution in [2.75, 3.05) is 23.7 Å². The first-order valence-corrected chi connectivity index (χ1v) is 9.54. The lowest BCUT2D eigenvalue weighted by Crippen LogP contribution is -2.28. The highest BCUT2D eigenvalue weighted by Gasteiger charge is 2.03. The zero-order chi connectivity index (χ0) is 18.8. The van der Waals surface area contributed by atoms with Gasteiger partial charge in [-0.15, -0.1) is 0 Å². The van der Waals surface area contributed by atoms with Crippen LogP contribution in [0, 0.1) is 0 Å². The molecule has 2 aromatic rings. The number of carbonyl (C=O) groups excluding carboxylic acids is 2. The Labute approximate surface area is 159 Å². The second-order valence-electron chi connectivity index (χ2n) is 5.91. The summed E-state index contributed by atoms with van der Waals surface area (Å²) in [5, 5.41) is 8.76. The van der Waals surface area contributed by atoms with Gasteiger partial charge in [-0.1, -0.05) is 25.1 Å². The second-order valence-corrected chi connectivity index (χ2v) is 7.06. The molecule has 2 amide bonds. The second kappa shape index (κ2) is 10.6. The molecule has 0 fully saturated rings. The van der Waals surface area contributed by atoms with Gasteiger partial charge in [-0.3, -0.25) is 9.59 Å². The predicted octanol–water partition coefficient (Wildman–Crippen LogP) is 4.12. The molecule has 0 saturated carbocycles. The lowest BCUT2D eigenvalue weighted by atomic mass is 10.3. The Morgan fingerprint density at radius 3 is 1.92 bits per heavy atom. The number of rotatable bonds is 9. The van der Waals surface area contributed by atoms with Gasteiger partial charge in [0.2, 0.25) is 11.8 Å². The maximum absolute atomic E-state index is 11.9. The van der Waals surface area contributed by atoms with Gasteiger partial charge in [0, 0.05) is 28.1 Å².